The molecule has 0 spiro atoms. The Labute approximate surface area is 258 Å². The van der Waals surface area contributed by atoms with E-state index in [-0.39, 0.29) is 29.8 Å². The fourth-order valence-electron chi connectivity index (χ4n) is 6.49. The number of anilines is 1. The van der Waals surface area contributed by atoms with Crippen molar-refractivity contribution in [2.75, 3.05) is 57.3 Å². The molecule has 230 valence electrons. The first-order chi connectivity index (χ1) is 20.6. The predicted octanol–water partition coefficient (Wildman–Crippen LogP) is 4.90. The molecule has 9 nitrogen and oxygen atoms in total. The second-order valence-corrected chi connectivity index (χ2v) is 12.6. The summed E-state index contributed by atoms with van der Waals surface area (Å²) in [6.45, 7) is 10.9. The maximum absolute atomic E-state index is 13.4. The molecule has 2 atom stereocenters. The number of carbonyl (C=O) groups excluding carboxylic acids is 4. The number of amides is 3. The molecule has 3 aliphatic rings. The van der Waals surface area contributed by atoms with Crippen LogP contribution in [0, 0.1) is 18.8 Å². The van der Waals surface area contributed by atoms with Gasteiger partial charge >= 0.3 is 6.09 Å². The summed E-state index contributed by atoms with van der Waals surface area (Å²) in [5.41, 5.74) is 2.89. The van der Waals surface area contributed by atoms with Crippen molar-refractivity contribution in [2.24, 2.45) is 11.8 Å². The zero-order valence-corrected chi connectivity index (χ0v) is 26.0. The minimum atomic E-state index is -0.384. The lowest BCUT2D eigenvalue weighted by Gasteiger charge is -2.32. The van der Waals surface area contributed by atoms with E-state index in [2.05, 4.69) is 4.90 Å². The summed E-state index contributed by atoms with van der Waals surface area (Å²) in [6, 6.07) is 12.6. The highest BCUT2D eigenvalue weighted by Gasteiger charge is 2.41. The van der Waals surface area contributed by atoms with Crippen molar-refractivity contribution in [1.29, 1.82) is 0 Å². The standard InChI is InChI=1S/C33H41ClN4O5/c1-22-5-10-29(17-31(22)34)38(33(42)43-30-11-15-36(16-12-30)24(3)40)14-4-13-35-18-27-20-37(21-28(27)19-35)32(41)26-8-6-25(7-9-26)23(2)39/h5-10,17,27-28,30H,4,11-16,18-21H2,1-3H3. The maximum Gasteiger partial charge on any atom is 0.414 e. The second-order valence-electron chi connectivity index (χ2n) is 12.2. The molecule has 2 aromatic carbocycles. The summed E-state index contributed by atoms with van der Waals surface area (Å²) >= 11 is 6.42. The van der Waals surface area contributed by atoms with E-state index in [9.17, 15) is 19.2 Å². The van der Waals surface area contributed by atoms with E-state index in [4.69, 9.17) is 16.3 Å². The molecule has 3 heterocycles. The van der Waals surface area contributed by atoms with Crippen LogP contribution in [0.15, 0.2) is 42.5 Å². The maximum atomic E-state index is 13.4. The summed E-state index contributed by atoms with van der Waals surface area (Å²) < 4.78 is 5.92. The van der Waals surface area contributed by atoms with Crippen LogP contribution in [0.3, 0.4) is 0 Å². The van der Waals surface area contributed by atoms with Gasteiger partial charge in [-0.2, -0.15) is 0 Å². The van der Waals surface area contributed by atoms with E-state index in [1.807, 2.05) is 30.0 Å². The fourth-order valence-corrected chi connectivity index (χ4v) is 6.67. The molecule has 0 aliphatic carbocycles. The number of benzene rings is 2. The van der Waals surface area contributed by atoms with Crippen molar-refractivity contribution in [3.05, 3.63) is 64.2 Å². The molecule has 0 aromatic heterocycles. The number of likely N-dealkylation sites (tertiary alicyclic amines) is 3. The van der Waals surface area contributed by atoms with Gasteiger partial charge in [-0.05, 0) is 68.5 Å². The quantitative estimate of drug-likeness (QED) is 0.396. The topological polar surface area (TPSA) is 90.5 Å². The van der Waals surface area contributed by atoms with E-state index in [0.717, 1.165) is 44.7 Å². The van der Waals surface area contributed by atoms with Crippen LogP contribution in [-0.2, 0) is 9.53 Å². The van der Waals surface area contributed by atoms with Gasteiger partial charge in [0.1, 0.15) is 6.10 Å². The number of ether oxygens (including phenoxy) is 1. The SMILES string of the molecule is CC(=O)c1ccc(C(=O)N2CC3CN(CCCN(C(=O)OC4CCN(C(C)=O)CC4)c4ccc(C)c(Cl)c4)CC3C2)cc1. The van der Waals surface area contributed by atoms with Crippen LogP contribution in [0.2, 0.25) is 5.02 Å². The summed E-state index contributed by atoms with van der Waals surface area (Å²) in [4.78, 5) is 57.5. The highest BCUT2D eigenvalue weighted by atomic mass is 35.5. The molecular formula is C33H41ClN4O5. The van der Waals surface area contributed by atoms with Gasteiger partial charge in [-0.25, -0.2) is 4.79 Å². The van der Waals surface area contributed by atoms with Crippen LogP contribution in [-0.4, -0.2) is 96.9 Å². The minimum Gasteiger partial charge on any atom is -0.446 e. The molecule has 3 aliphatic heterocycles. The Morgan fingerprint density at radius 3 is 2.09 bits per heavy atom. The zero-order valence-electron chi connectivity index (χ0n) is 25.3. The number of fused-ring (bicyclic) bond motifs is 1. The van der Waals surface area contributed by atoms with E-state index in [1.165, 1.54) is 6.92 Å². The Morgan fingerprint density at radius 2 is 1.51 bits per heavy atom. The van der Waals surface area contributed by atoms with Crippen molar-refractivity contribution >= 4 is 41.0 Å². The van der Waals surface area contributed by atoms with Crippen molar-refractivity contribution in [3.63, 3.8) is 0 Å². The monoisotopic (exact) mass is 608 g/mol. The molecule has 10 heteroatoms. The van der Waals surface area contributed by atoms with Gasteiger partial charge in [-0.1, -0.05) is 29.8 Å². The number of hydrogen-bond donors (Lipinski definition) is 0. The Kier molecular flexibility index (Phi) is 9.72. The number of Topliss-reactive ketones (excluding diaryl/α,β-unsaturated/α-hetero) is 1. The number of piperidine rings is 1. The van der Waals surface area contributed by atoms with Gasteiger partial charge in [0.25, 0.3) is 5.91 Å². The number of hydrogen-bond acceptors (Lipinski definition) is 6. The third kappa shape index (κ3) is 7.39. The van der Waals surface area contributed by atoms with Crippen LogP contribution >= 0.6 is 11.6 Å². The second kappa shape index (κ2) is 13.5. The summed E-state index contributed by atoms with van der Waals surface area (Å²) in [7, 11) is 0. The van der Waals surface area contributed by atoms with E-state index < -0.39 is 0 Å². The number of aryl methyl sites for hydroxylation is 1. The van der Waals surface area contributed by atoms with Gasteiger partial charge in [0.2, 0.25) is 5.91 Å². The first-order valence-corrected chi connectivity index (χ1v) is 15.6. The molecule has 3 fully saturated rings. The zero-order chi connectivity index (χ0) is 30.7. The van der Waals surface area contributed by atoms with Crippen LogP contribution in [0.25, 0.3) is 0 Å². The van der Waals surface area contributed by atoms with Crippen LogP contribution in [0.4, 0.5) is 10.5 Å². The van der Waals surface area contributed by atoms with Gasteiger partial charge in [0, 0.05) is 87.4 Å². The third-order valence-corrected chi connectivity index (χ3v) is 9.49. The van der Waals surface area contributed by atoms with Crippen LogP contribution < -0.4 is 4.90 Å². The molecule has 2 aromatic rings. The average Bonchev–Trinajstić information content (AvgIpc) is 3.56. The van der Waals surface area contributed by atoms with E-state index in [1.54, 1.807) is 41.0 Å². The molecule has 3 saturated heterocycles. The first kappa shape index (κ1) is 31.0. The number of rotatable bonds is 8. The predicted molar refractivity (Wildman–Crippen MR) is 166 cm³/mol. The summed E-state index contributed by atoms with van der Waals surface area (Å²) in [5, 5.41) is 0.603. The molecule has 0 radical (unpaired) electrons. The molecule has 3 amide bonds. The highest BCUT2D eigenvalue weighted by molar-refractivity contribution is 6.31. The lowest BCUT2D eigenvalue weighted by Crippen LogP contribution is -2.43. The molecule has 2 unspecified atom stereocenters. The Hall–Kier alpha value is -3.43. The van der Waals surface area contributed by atoms with Gasteiger partial charge < -0.3 is 19.4 Å². The normalized spacial score (nSPS) is 20.7. The van der Waals surface area contributed by atoms with Crippen molar-refractivity contribution < 1.29 is 23.9 Å². The largest absolute Gasteiger partial charge is 0.446 e. The van der Waals surface area contributed by atoms with Gasteiger partial charge in [0.05, 0.1) is 0 Å². The lowest BCUT2D eigenvalue weighted by molar-refractivity contribution is -0.130. The molecule has 0 N–H and O–H groups in total. The third-order valence-electron chi connectivity index (χ3n) is 9.09. The van der Waals surface area contributed by atoms with E-state index >= 15 is 0 Å². The van der Waals surface area contributed by atoms with Crippen molar-refractivity contribution in [1.82, 2.24) is 14.7 Å². The minimum absolute atomic E-state index is 0.0103. The van der Waals surface area contributed by atoms with Crippen molar-refractivity contribution in [2.45, 2.75) is 46.1 Å². The highest BCUT2D eigenvalue weighted by Crippen LogP contribution is 2.32. The van der Waals surface area contributed by atoms with Crippen LogP contribution in [0.5, 0.6) is 0 Å². The summed E-state index contributed by atoms with van der Waals surface area (Å²) in [5.74, 6) is 0.918. The van der Waals surface area contributed by atoms with Gasteiger partial charge in [-0.3, -0.25) is 19.3 Å². The molecule has 43 heavy (non-hydrogen) atoms. The average molecular weight is 609 g/mol. The fraction of sp³-hybridized carbons (Fsp3) is 0.515. The first-order valence-electron chi connectivity index (χ1n) is 15.2. The number of carbonyl (C=O) groups is 4. The van der Waals surface area contributed by atoms with Crippen molar-refractivity contribution in [3.8, 4) is 0 Å². The molecule has 0 saturated carbocycles. The summed E-state index contributed by atoms with van der Waals surface area (Å²) in [6.07, 6.45) is 1.43. The number of nitrogens with zero attached hydrogens (tertiary/aromatic N) is 4. The number of halogens is 1. The Bertz CT molecular complexity index is 1340. The lowest BCUT2D eigenvalue weighted by atomic mass is 10.0. The molecular weight excluding hydrogens is 568 g/mol. The Balaban J connectivity index is 1.13. The van der Waals surface area contributed by atoms with Gasteiger partial charge in [-0.15, -0.1) is 0 Å². The van der Waals surface area contributed by atoms with E-state index in [0.29, 0.717) is 66.1 Å². The number of ketones is 1. The smallest absolute Gasteiger partial charge is 0.414 e. The van der Waals surface area contributed by atoms with Crippen LogP contribution in [0.1, 0.15) is 59.4 Å². The Morgan fingerprint density at radius 1 is 0.884 bits per heavy atom. The molecule has 5 rings (SSSR count). The van der Waals surface area contributed by atoms with Gasteiger partial charge in [0.15, 0.2) is 5.78 Å². The molecule has 0 bridgehead atoms.